The number of nitrogens with one attached hydrogen (secondary N) is 1. The molecule has 3 aromatic rings. The van der Waals surface area contributed by atoms with Crippen LogP contribution in [-0.4, -0.2) is 47.3 Å². The standard InChI is InChI=1S/C26H29N3O3/c30-25(24-17-23(28-32-24)21-9-5-2-6-10-21)27-18-22-11-12-26(31-22)13-15-29(16-14-26)19-20-7-3-1-4-8-20/h1-10,17,22H,11-16,18-19H2,(H,27,30). The number of carbonyl (C=O) groups excluding carboxylic acids is 1. The van der Waals surface area contributed by atoms with E-state index in [1.807, 2.05) is 30.3 Å². The van der Waals surface area contributed by atoms with Gasteiger partial charge in [0.1, 0.15) is 5.69 Å². The molecule has 1 amide bonds. The second-order valence-electron chi connectivity index (χ2n) is 8.88. The Morgan fingerprint density at radius 2 is 1.75 bits per heavy atom. The molecule has 1 unspecified atom stereocenters. The fourth-order valence-corrected chi connectivity index (χ4v) is 4.79. The number of likely N-dealkylation sites (tertiary alicyclic amines) is 1. The van der Waals surface area contributed by atoms with E-state index in [-0.39, 0.29) is 23.4 Å². The maximum Gasteiger partial charge on any atom is 0.290 e. The van der Waals surface area contributed by atoms with Gasteiger partial charge >= 0.3 is 0 Å². The van der Waals surface area contributed by atoms with Gasteiger partial charge in [-0.1, -0.05) is 65.8 Å². The molecule has 6 nitrogen and oxygen atoms in total. The van der Waals surface area contributed by atoms with Crippen molar-refractivity contribution in [2.75, 3.05) is 19.6 Å². The Morgan fingerprint density at radius 1 is 1.03 bits per heavy atom. The number of carbonyl (C=O) groups is 1. The van der Waals surface area contributed by atoms with E-state index >= 15 is 0 Å². The van der Waals surface area contributed by atoms with Crippen LogP contribution in [-0.2, 0) is 11.3 Å². The lowest BCUT2D eigenvalue weighted by atomic mass is 9.88. The molecule has 166 valence electrons. The van der Waals surface area contributed by atoms with Gasteiger partial charge in [-0.25, -0.2) is 0 Å². The van der Waals surface area contributed by atoms with Crippen LogP contribution in [0.4, 0.5) is 0 Å². The minimum absolute atomic E-state index is 0.0324. The molecule has 2 aromatic carbocycles. The summed E-state index contributed by atoms with van der Waals surface area (Å²) in [6, 6.07) is 22.0. The maximum absolute atomic E-state index is 12.5. The van der Waals surface area contributed by atoms with Crippen LogP contribution in [0.2, 0.25) is 0 Å². The van der Waals surface area contributed by atoms with Crippen LogP contribution in [0.5, 0.6) is 0 Å². The molecule has 2 saturated heterocycles. The molecule has 2 aliphatic rings. The largest absolute Gasteiger partial charge is 0.370 e. The highest BCUT2D eigenvalue weighted by Crippen LogP contribution is 2.39. The lowest BCUT2D eigenvalue weighted by Gasteiger charge is -2.39. The van der Waals surface area contributed by atoms with Crippen molar-refractivity contribution in [3.05, 3.63) is 78.1 Å². The number of hydrogen-bond donors (Lipinski definition) is 1. The van der Waals surface area contributed by atoms with Crippen molar-refractivity contribution in [2.24, 2.45) is 0 Å². The van der Waals surface area contributed by atoms with Crippen LogP contribution in [0.1, 0.15) is 41.8 Å². The van der Waals surface area contributed by atoms with Gasteiger partial charge in [0.25, 0.3) is 5.91 Å². The van der Waals surface area contributed by atoms with Crippen molar-refractivity contribution in [3.63, 3.8) is 0 Å². The Morgan fingerprint density at radius 3 is 2.50 bits per heavy atom. The van der Waals surface area contributed by atoms with Crippen LogP contribution in [0.25, 0.3) is 11.3 Å². The Labute approximate surface area is 188 Å². The van der Waals surface area contributed by atoms with Gasteiger partial charge in [-0.15, -0.1) is 0 Å². The molecule has 1 spiro atoms. The number of nitrogens with zero attached hydrogens (tertiary/aromatic N) is 2. The van der Waals surface area contributed by atoms with Gasteiger partial charge in [0.15, 0.2) is 0 Å². The van der Waals surface area contributed by atoms with E-state index in [4.69, 9.17) is 9.26 Å². The predicted molar refractivity (Wildman–Crippen MR) is 122 cm³/mol. The third kappa shape index (κ3) is 4.76. The van der Waals surface area contributed by atoms with Gasteiger partial charge < -0.3 is 14.6 Å². The first-order valence-corrected chi connectivity index (χ1v) is 11.4. The van der Waals surface area contributed by atoms with Gasteiger partial charge in [0, 0.05) is 37.8 Å². The molecule has 0 radical (unpaired) electrons. The van der Waals surface area contributed by atoms with Gasteiger partial charge in [0.2, 0.25) is 5.76 Å². The molecule has 0 saturated carbocycles. The lowest BCUT2D eigenvalue weighted by Crippen LogP contribution is -2.44. The summed E-state index contributed by atoms with van der Waals surface area (Å²) in [7, 11) is 0. The van der Waals surface area contributed by atoms with Gasteiger partial charge in [-0.3, -0.25) is 9.69 Å². The van der Waals surface area contributed by atoms with Gasteiger partial charge in [-0.2, -0.15) is 0 Å². The highest BCUT2D eigenvalue weighted by atomic mass is 16.5. The summed E-state index contributed by atoms with van der Waals surface area (Å²) >= 11 is 0. The van der Waals surface area contributed by atoms with Crippen molar-refractivity contribution in [3.8, 4) is 11.3 Å². The Hall–Kier alpha value is -2.96. The molecule has 1 atom stereocenters. The fraction of sp³-hybridized carbons (Fsp3) is 0.385. The summed E-state index contributed by atoms with van der Waals surface area (Å²) in [4.78, 5) is 15.0. The topological polar surface area (TPSA) is 67.6 Å². The molecule has 2 aliphatic heterocycles. The average Bonchev–Trinajstić information content (AvgIpc) is 3.49. The summed E-state index contributed by atoms with van der Waals surface area (Å²) in [6.45, 7) is 3.59. The summed E-state index contributed by atoms with van der Waals surface area (Å²) in [5.74, 6) is -0.0207. The number of piperidine rings is 1. The number of aromatic nitrogens is 1. The molecule has 1 aromatic heterocycles. The van der Waals surface area contributed by atoms with Crippen LogP contribution in [0, 0.1) is 0 Å². The Bertz CT molecular complexity index is 1030. The van der Waals surface area contributed by atoms with Crippen LogP contribution in [0.15, 0.2) is 71.3 Å². The van der Waals surface area contributed by atoms with Crippen molar-refractivity contribution >= 4 is 5.91 Å². The molecule has 32 heavy (non-hydrogen) atoms. The first-order valence-electron chi connectivity index (χ1n) is 11.4. The van der Waals surface area contributed by atoms with E-state index in [0.29, 0.717) is 12.2 Å². The molecule has 3 heterocycles. The van der Waals surface area contributed by atoms with Crippen molar-refractivity contribution in [2.45, 2.75) is 43.9 Å². The lowest BCUT2D eigenvalue weighted by molar-refractivity contribution is -0.0764. The highest BCUT2D eigenvalue weighted by molar-refractivity contribution is 5.92. The maximum atomic E-state index is 12.5. The quantitative estimate of drug-likeness (QED) is 0.631. The highest BCUT2D eigenvalue weighted by Gasteiger charge is 2.42. The molecule has 0 bridgehead atoms. The summed E-state index contributed by atoms with van der Waals surface area (Å²) in [5.41, 5.74) is 2.92. The third-order valence-corrected chi connectivity index (χ3v) is 6.65. The summed E-state index contributed by atoms with van der Waals surface area (Å²) in [6.07, 6.45) is 4.19. The minimum atomic E-state index is -0.248. The SMILES string of the molecule is O=C(NCC1CCC2(CCN(Cc3ccccc3)CC2)O1)c1cc(-c2ccccc2)no1. The first kappa shape index (κ1) is 20.9. The van der Waals surface area contributed by atoms with Crippen molar-refractivity contribution < 1.29 is 14.1 Å². The zero-order chi connectivity index (χ0) is 21.8. The fourth-order valence-electron chi connectivity index (χ4n) is 4.79. The van der Waals surface area contributed by atoms with Crippen LogP contribution >= 0.6 is 0 Å². The minimum Gasteiger partial charge on any atom is -0.370 e. The molecular formula is C26H29N3O3. The zero-order valence-electron chi connectivity index (χ0n) is 18.2. The van der Waals surface area contributed by atoms with E-state index < -0.39 is 0 Å². The number of rotatable bonds is 6. The molecule has 1 N–H and O–H groups in total. The van der Waals surface area contributed by atoms with Gasteiger partial charge in [-0.05, 0) is 31.2 Å². The first-order chi connectivity index (χ1) is 15.7. The number of hydrogen-bond acceptors (Lipinski definition) is 5. The zero-order valence-corrected chi connectivity index (χ0v) is 18.2. The second kappa shape index (κ2) is 9.27. The summed E-state index contributed by atoms with van der Waals surface area (Å²) in [5, 5.41) is 6.98. The third-order valence-electron chi connectivity index (χ3n) is 6.65. The normalized spacial score (nSPS) is 20.4. The van der Waals surface area contributed by atoms with Crippen molar-refractivity contribution in [1.82, 2.24) is 15.4 Å². The van der Waals surface area contributed by atoms with Crippen molar-refractivity contribution in [1.29, 1.82) is 0 Å². The molecular weight excluding hydrogens is 402 g/mol. The number of benzene rings is 2. The molecule has 2 fully saturated rings. The van der Waals surface area contributed by atoms with Gasteiger partial charge in [0.05, 0.1) is 11.7 Å². The van der Waals surface area contributed by atoms with Crippen LogP contribution < -0.4 is 5.32 Å². The predicted octanol–water partition coefficient (Wildman–Crippen LogP) is 4.29. The Balaban J connectivity index is 1.09. The molecule has 5 rings (SSSR count). The second-order valence-corrected chi connectivity index (χ2v) is 8.88. The summed E-state index contributed by atoms with van der Waals surface area (Å²) < 4.78 is 11.7. The molecule has 6 heteroatoms. The van der Waals surface area contributed by atoms with E-state index in [9.17, 15) is 4.79 Å². The van der Waals surface area contributed by atoms with E-state index in [1.165, 1.54) is 5.56 Å². The smallest absolute Gasteiger partial charge is 0.290 e. The molecule has 0 aliphatic carbocycles. The van der Waals surface area contributed by atoms with E-state index in [0.717, 1.165) is 50.9 Å². The monoisotopic (exact) mass is 431 g/mol. The van der Waals surface area contributed by atoms with E-state index in [1.54, 1.807) is 6.07 Å². The van der Waals surface area contributed by atoms with Crippen LogP contribution in [0.3, 0.4) is 0 Å². The average molecular weight is 432 g/mol. The Kier molecular flexibility index (Phi) is 6.06. The van der Waals surface area contributed by atoms with E-state index in [2.05, 4.69) is 45.7 Å². The number of amides is 1. The number of ether oxygens (including phenoxy) is 1.